The predicted molar refractivity (Wildman–Crippen MR) is 87.3 cm³/mol. The van der Waals surface area contributed by atoms with E-state index < -0.39 is 16.1 Å². The first-order chi connectivity index (χ1) is 11.0. The van der Waals surface area contributed by atoms with Crippen LogP contribution in [0.2, 0.25) is 0 Å². The Morgan fingerprint density at radius 3 is 3.00 bits per heavy atom. The van der Waals surface area contributed by atoms with Gasteiger partial charge in [0.2, 0.25) is 5.88 Å². The molecule has 2 aromatic rings. The van der Waals surface area contributed by atoms with Crippen LogP contribution in [0.15, 0.2) is 40.1 Å². The summed E-state index contributed by atoms with van der Waals surface area (Å²) >= 11 is 1.21. The maximum absolute atomic E-state index is 12.5. The number of nitrogens with zero attached hydrogens (tertiary/aromatic N) is 1. The van der Waals surface area contributed by atoms with Crippen molar-refractivity contribution in [2.75, 3.05) is 13.2 Å². The van der Waals surface area contributed by atoms with Crippen molar-refractivity contribution in [3.05, 3.63) is 41.4 Å². The van der Waals surface area contributed by atoms with Crippen LogP contribution < -0.4 is 9.46 Å². The van der Waals surface area contributed by atoms with Crippen LogP contribution in [0.5, 0.6) is 5.88 Å². The number of hydrogen-bond donors (Lipinski definition) is 1. The van der Waals surface area contributed by atoms with Gasteiger partial charge >= 0.3 is 0 Å². The minimum absolute atomic E-state index is 0.279. The number of sulfonamides is 1. The highest BCUT2D eigenvalue weighted by atomic mass is 32.2. The highest BCUT2D eigenvalue weighted by Crippen LogP contribution is 2.22. The summed E-state index contributed by atoms with van der Waals surface area (Å²) in [4.78, 5) is 4.13. The topological polar surface area (TPSA) is 77.5 Å². The van der Waals surface area contributed by atoms with Crippen LogP contribution in [0, 0.1) is 6.92 Å². The van der Waals surface area contributed by atoms with Gasteiger partial charge in [0.1, 0.15) is 10.3 Å². The first kappa shape index (κ1) is 16.4. The fourth-order valence-electron chi connectivity index (χ4n) is 2.34. The van der Waals surface area contributed by atoms with Gasteiger partial charge in [0.05, 0.1) is 19.3 Å². The Balaban J connectivity index is 1.74. The van der Waals surface area contributed by atoms with E-state index in [0.717, 1.165) is 5.56 Å². The van der Waals surface area contributed by atoms with Crippen molar-refractivity contribution in [3.8, 4) is 5.88 Å². The van der Waals surface area contributed by atoms with Crippen molar-refractivity contribution in [3.63, 3.8) is 0 Å². The van der Waals surface area contributed by atoms with Crippen molar-refractivity contribution in [1.29, 1.82) is 0 Å². The second-order valence-electron chi connectivity index (χ2n) is 5.36. The SMILES string of the molecule is Cc1csc(S(=O)(=O)N[C@@H]2COCC[C@H]2Oc2ccccn2)c1. The molecular weight excluding hydrogens is 336 g/mol. The third-order valence-corrected chi connectivity index (χ3v) is 6.53. The third kappa shape index (κ3) is 4.08. The van der Waals surface area contributed by atoms with Crippen LogP contribution in [0.4, 0.5) is 0 Å². The maximum atomic E-state index is 12.5. The Labute approximate surface area is 139 Å². The molecule has 0 spiro atoms. The number of hydrogen-bond acceptors (Lipinski definition) is 6. The number of ether oxygens (including phenoxy) is 2. The lowest BCUT2D eigenvalue weighted by atomic mass is 10.1. The van der Waals surface area contributed by atoms with E-state index in [1.165, 1.54) is 11.3 Å². The summed E-state index contributed by atoms with van der Waals surface area (Å²) in [6.45, 7) is 2.68. The number of nitrogens with one attached hydrogen (secondary N) is 1. The Morgan fingerprint density at radius 1 is 1.43 bits per heavy atom. The molecule has 2 aromatic heterocycles. The van der Waals surface area contributed by atoms with E-state index in [1.807, 2.05) is 18.4 Å². The van der Waals surface area contributed by atoms with E-state index in [1.54, 1.807) is 24.4 Å². The zero-order valence-corrected chi connectivity index (χ0v) is 14.3. The van der Waals surface area contributed by atoms with Crippen molar-refractivity contribution in [2.45, 2.75) is 29.7 Å². The molecule has 0 radical (unpaired) electrons. The number of thiophene rings is 1. The normalized spacial score (nSPS) is 22.0. The number of pyridine rings is 1. The standard InChI is InChI=1S/C15H18N2O4S2/c1-11-8-15(22-10-11)23(18,19)17-12-9-20-7-5-13(12)21-14-4-2-3-6-16-14/h2-4,6,8,10,12-13,17H,5,7,9H2,1H3/t12-,13-/m1/s1. The van der Waals surface area contributed by atoms with Gasteiger partial charge in [-0.25, -0.2) is 18.1 Å². The molecule has 3 rings (SSSR count). The van der Waals surface area contributed by atoms with Gasteiger partial charge < -0.3 is 9.47 Å². The summed E-state index contributed by atoms with van der Waals surface area (Å²) in [7, 11) is -3.58. The molecule has 0 saturated carbocycles. The highest BCUT2D eigenvalue weighted by molar-refractivity contribution is 7.91. The lowest BCUT2D eigenvalue weighted by Crippen LogP contribution is -2.51. The lowest BCUT2D eigenvalue weighted by Gasteiger charge is -2.31. The molecule has 124 valence electrons. The molecule has 3 heterocycles. The van der Waals surface area contributed by atoms with E-state index >= 15 is 0 Å². The molecule has 1 saturated heterocycles. The van der Waals surface area contributed by atoms with Crippen LogP contribution in [0.1, 0.15) is 12.0 Å². The minimum Gasteiger partial charge on any atom is -0.472 e. The Hall–Kier alpha value is -1.48. The third-order valence-electron chi connectivity index (χ3n) is 3.48. The molecule has 2 atom stereocenters. The van der Waals surface area contributed by atoms with Gasteiger partial charge in [-0.05, 0) is 30.0 Å². The number of aromatic nitrogens is 1. The Morgan fingerprint density at radius 2 is 2.30 bits per heavy atom. The van der Waals surface area contributed by atoms with E-state index in [9.17, 15) is 8.42 Å². The van der Waals surface area contributed by atoms with Gasteiger partial charge in [0, 0.05) is 18.7 Å². The summed E-state index contributed by atoms with van der Waals surface area (Å²) < 4.78 is 39.2. The molecule has 6 nitrogen and oxygen atoms in total. The lowest BCUT2D eigenvalue weighted by molar-refractivity contribution is 0.00151. The van der Waals surface area contributed by atoms with Gasteiger partial charge in [-0.15, -0.1) is 11.3 Å². The number of rotatable bonds is 5. The zero-order valence-electron chi connectivity index (χ0n) is 12.6. The summed E-state index contributed by atoms with van der Waals surface area (Å²) in [6.07, 6.45) is 1.93. The van der Waals surface area contributed by atoms with Crippen molar-refractivity contribution >= 4 is 21.4 Å². The average Bonchev–Trinajstić information content (AvgIpc) is 2.98. The molecule has 0 unspecified atom stereocenters. The summed E-state index contributed by atoms with van der Waals surface area (Å²) in [6, 6.07) is 6.60. The van der Waals surface area contributed by atoms with E-state index in [4.69, 9.17) is 9.47 Å². The largest absolute Gasteiger partial charge is 0.472 e. The summed E-state index contributed by atoms with van der Waals surface area (Å²) in [5.74, 6) is 0.482. The molecule has 1 aliphatic heterocycles. The van der Waals surface area contributed by atoms with Gasteiger partial charge in [-0.1, -0.05) is 6.07 Å². The molecule has 0 aliphatic carbocycles. The highest BCUT2D eigenvalue weighted by Gasteiger charge is 2.32. The van der Waals surface area contributed by atoms with Crippen LogP contribution in [0.3, 0.4) is 0 Å². The molecule has 1 fully saturated rings. The molecule has 0 amide bonds. The number of aryl methyl sites for hydroxylation is 1. The van der Waals surface area contributed by atoms with Gasteiger partial charge in [0.15, 0.2) is 0 Å². The van der Waals surface area contributed by atoms with Crippen LogP contribution in [-0.4, -0.2) is 38.8 Å². The van der Waals surface area contributed by atoms with E-state index in [-0.39, 0.29) is 12.7 Å². The molecule has 0 bridgehead atoms. The van der Waals surface area contributed by atoms with E-state index in [2.05, 4.69) is 9.71 Å². The van der Waals surface area contributed by atoms with Gasteiger partial charge in [-0.3, -0.25) is 0 Å². The Bertz CT molecular complexity index is 746. The second-order valence-corrected chi connectivity index (χ2v) is 8.21. The van der Waals surface area contributed by atoms with Crippen molar-refractivity contribution in [2.24, 2.45) is 0 Å². The second kappa shape index (κ2) is 6.96. The fraction of sp³-hybridized carbons (Fsp3) is 0.400. The van der Waals surface area contributed by atoms with E-state index in [0.29, 0.717) is 23.1 Å². The van der Waals surface area contributed by atoms with Crippen LogP contribution in [0.25, 0.3) is 0 Å². The molecule has 8 heteroatoms. The molecule has 1 aliphatic rings. The zero-order chi connectivity index (χ0) is 16.3. The van der Waals surface area contributed by atoms with Crippen LogP contribution in [-0.2, 0) is 14.8 Å². The molecule has 1 N–H and O–H groups in total. The first-order valence-corrected chi connectivity index (χ1v) is 9.64. The fourth-order valence-corrected chi connectivity index (χ4v) is 4.84. The van der Waals surface area contributed by atoms with Crippen molar-refractivity contribution in [1.82, 2.24) is 9.71 Å². The maximum Gasteiger partial charge on any atom is 0.250 e. The smallest absolute Gasteiger partial charge is 0.250 e. The quantitative estimate of drug-likeness (QED) is 0.888. The molecule has 0 aromatic carbocycles. The Kier molecular flexibility index (Phi) is 4.96. The monoisotopic (exact) mass is 354 g/mol. The molecular formula is C15H18N2O4S2. The molecule has 23 heavy (non-hydrogen) atoms. The predicted octanol–water partition coefficient (Wildman–Crippen LogP) is 1.97. The van der Waals surface area contributed by atoms with Gasteiger partial charge in [0.25, 0.3) is 10.0 Å². The first-order valence-electron chi connectivity index (χ1n) is 7.27. The summed E-state index contributed by atoms with van der Waals surface area (Å²) in [5, 5.41) is 1.81. The average molecular weight is 354 g/mol. The van der Waals surface area contributed by atoms with Gasteiger partial charge in [-0.2, -0.15) is 0 Å². The van der Waals surface area contributed by atoms with Crippen LogP contribution >= 0.6 is 11.3 Å². The van der Waals surface area contributed by atoms with Crippen molar-refractivity contribution < 1.29 is 17.9 Å². The summed E-state index contributed by atoms with van der Waals surface area (Å²) in [5.41, 5.74) is 0.927. The minimum atomic E-state index is -3.58.